The molecule has 0 aliphatic carbocycles. The van der Waals surface area contributed by atoms with Crippen molar-refractivity contribution in [2.45, 2.75) is 0 Å². The Kier molecular flexibility index (Phi) is 3.04. The summed E-state index contributed by atoms with van der Waals surface area (Å²) >= 11 is 0. The molecular formula is C14H13N5O. The summed E-state index contributed by atoms with van der Waals surface area (Å²) in [6.45, 7) is 0. The molecule has 3 aromatic rings. The predicted octanol–water partition coefficient (Wildman–Crippen LogP) is 1.95. The molecule has 0 fully saturated rings. The Labute approximate surface area is 115 Å². The van der Waals surface area contributed by atoms with Gasteiger partial charge in [-0.15, -0.1) is 0 Å². The van der Waals surface area contributed by atoms with Gasteiger partial charge in [0.1, 0.15) is 0 Å². The fourth-order valence-electron chi connectivity index (χ4n) is 1.87. The molecule has 0 saturated carbocycles. The maximum atomic E-state index is 11.8. The Morgan fingerprint density at radius 2 is 2.25 bits per heavy atom. The highest BCUT2D eigenvalue weighted by atomic mass is 16.1. The van der Waals surface area contributed by atoms with E-state index in [4.69, 9.17) is 0 Å². The lowest BCUT2D eigenvalue weighted by molar-refractivity contribution is -0.111. The molecule has 0 radical (unpaired) electrons. The number of benzene rings is 1. The lowest BCUT2D eigenvalue weighted by Crippen LogP contribution is -2.08. The number of aryl methyl sites for hydroxylation is 1. The monoisotopic (exact) mass is 267 g/mol. The van der Waals surface area contributed by atoms with Crippen molar-refractivity contribution in [1.29, 1.82) is 0 Å². The normalized spacial score (nSPS) is 11.2. The topological polar surface area (TPSA) is 75.6 Å². The van der Waals surface area contributed by atoms with Crippen molar-refractivity contribution in [3.8, 4) is 0 Å². The van der Waals surface area contributed by atoms with Crippen molar-refractivity contribution in [1.82, 2.24) is 19.7 Å². The largest absolute Gasteiger partial charge is 0.324 e. The summed E-state index contributed by atoms with van der Waals surface area (Å²) in [5.74, 6) is 0.194. The van der Waals surface area contributed by atoms with Crippen LogP contribution in [0, 0.1) is 0 Å². The van der Waals surface area contributed by atoms with Crippen LogP contribution in [0.4, 0.5) is 5.95 Å². The van der Waals surface area contributed by atoms with Crippen molar-refractivity contribution >= 4 is 29.0 Å². The van der Waals surface area contributed by atoms with Gasteiger partial charge >= 0.3 is 0 Å². The van der Waals surface area contributed by atoms with Crippen LogP contribution in [0.5, 0.6) is 0 Å². The highest BCUT2D eigenvalue weighted by molar-refractivity contribution is 6.01. The molecule has 2 N–H and O–H groups in total. The van der Waals surface area contributed by atoms with Gasteiger partial charge < -0.3 is 4.98 Å². The van der Waals surface area contributed by atoms with Crippen LogP contribution in [0.25, 0.3) is 17.1 Å². The number of anilines is 1. The number of aromatic amines is 1. The number of hydrogen-bond acceptors (Lipinski definition) is 3. The first-order valence-corrected chi connectivity index (χ1v) is 6.13. The van der Waals surface area contributed by atoms with Crippen molar-refractivity contribution in [3.05, 3.63) is 48.3 Å². The third-order valence-corrected chi connectivity index (χ3v) is 2.78. The number of imidazole rings is 1. The van der Waals surface area contributed by atoms with E-state index in [-0.39, 0.29) is 5.91 Å². The summed E-state index contributed by atoms with van der Waals surface area (Å²) in [4.78, 5) is 19.1. The standard InChI is InChI=1S/C14H13N5O/c1-19-9-10(8-15-19)6-7-13(20)18-14-16-11-4-2-3-5-12(11)17-14/h2-9H,1H3,(H2,16,17,18,20). The molecule has 0 atom stereocenters. The number of aromatic nitrogens is 4. The average Bonchev–Trinajstić information content (AvgIpc) is 3.01. The zero-order chi connectivity index (χ0) is 13.9. The first-order valence-electron chi connectivity index (χ1n) is 6.13. The summed E-state index contributed by atoms with van der Waals surface area (Å²) in [5, 5.41) is 6.71. The van der Waals surface area contributed by atoms with Gasteiger partial charge in [-0.3, -0.25) is 14.8 Å². The smallest absolute Gasteiger partial charge is 0.250 e. The third-order valence-electron chi connectivity index (χ3n) is 2.78. The summed E-state index contributed by atoms with van der Waals surface area (Å²) in [5.41, 5.74) is 2.57. The lowest BCUT2D eigenvalue weighted by Gasteiger charge is -1.95. The van der Waals surface area contributed by atoms with Gasteiger partial charge in [-0.1, -0.05) is 12.1 Å². The number of nitrogens with one attached hydrogen (secondary N) is 2. The summed E-state index contributed by atoms with van der Waals surface area (Å²) in [6, 6.07) is 7.60. The van der Waals surface area contributed by atoms with Gasteiger partial charge in [0.15, 0.2) is 0 Å². The van der Waals surface area contributed by atoms with Gasteiger partial charge in [-0.2, -0.15) is 5.10 Å². The molecule has 0 spiro atoms. The number of nitrogens with zero attached hydrogens (tertiary/aromatic N) is 3. The van der Waals surface area contributed by atoms with E-state index in [0.29, 0.717) is 5.95 Å². The Morgan fingerprint density at radius 1 is 1.40 bits per heavy atom. The first-order chi connectivity index (χ1) is 9.70. The van der Waals surface area contributed by atoms with E-state index >= 15 is 0 Å². The maximum Gasteiger partial charge on any atom is 0.250 e. The van der Waals surface area contributed by atoms with Crippen molar-refractivity contribution in [2.24, 2.45) is 7.05 Å². The molecule has 6 nitrogen and oxygen atoms in total. The first kappa shape index (κ1) is 12.2. The van der Waals surface area contributed by atoms with Gasteiger partial charge in [0.2, 0.25) is 5.95 Å². The number of carbonyl (C=O) groups excluding carboxylic acids is 1. The van der Waals surface area contributed by atoms with Crippen LogP contribution >= 0.6 is 0 Å². The van der Waals surface area contributed by atoms with E-state index < -0.39 is 0 Å². The maximum absolute atomic E-state index is 11.8. The highest BCUT2D eigenvalue weighted by Crippen LogP contribution is 2.13. The zero-order valence-electron chi connectivity index (χ0n) is 10.9. The van der Waals surface area contributed by atoms with Crippen LogP contribution in [0.1, 0.15) is 5.56 Å². The van der Waals surface area contributed by atoms with E-state index in [1.54, 1.807) is 17.0 Å². The van der Waals surface area contributed by atoms with E-state index in [1.165, 1.54) is 6.08 Å². The summed E-state index contributed by atoms with van der Waals surface area (Å²) in [7, 11) is 1.83. The Morgan fingerprint density at radius 3 is 3.00 bits per heavy atom. The second-order valence-corrected chi connectivity index (χ2v) is 4.37. The highest BCUT2D eigenvalue weighted by Gasteiger charge is 2.04. The summed E-state index contributed by atoms with van der Waals surface area (Å²) < 4.78 is 1.68. The van der Waals surface area contributed by atoms with Crippen LogP contribution in [-0.2, 0) is 11.8 Å². The minimum atomic E-state index is -0.243. The Bertz CT molecular complexity index is 751. The molecule has 0 saturated heterocycles. The van der Waals surface area contributed by atoms with Crippen molar-refractivity contribution in [2.75, 3.05) is 5.32 Å². The van der Waals surface area contributed by atoms with E-state index in [0.717, 1.165) is 16.6 Å². The molecule has 0 aliphatic heterocycles. The van der Waals surface area contributed by atoms with Gasteiger partial charge in [0.25, 0.3) is 5.91 Å². The Balaban J connectivity index is 1.70. The van der Waals surface area contributed by atoms with Gasteiger partial charge in [-0.25, -0.2) is 4.98 Å². The van der Waals surface area contributed by atoms with Crippen molar-refractivity contribution < 1.29 is 4.79 Å². The Hall–Kier alpha value is -2.89. The minimum Gasteiger partial charge on any atom is -0.324 e. The van der Waals surface area contributed by atoms with Gasteiger partial charge in [0, 0.05) is 24.9 Å². The molecule has 1 amide bonds. The molecular weight excluding hydrogens is 254 g/mol. The molecule has 20 heavy (non-hydrogen) atoms. The van der Waals surface area contributed by atoms with Crippen molar-refractivity contribution in [3.63, 3.8) is 0 Å². The zero-order valence-corrected chi connectivity index (χ0v) is 10.9. The summed E-state index contributed by atoms with van der Waals surface area (Å²) in [6.07, 6.45) is 6.66. The molecule has 1 aromatic carbocycles. The lowest BCUT2D eigenvalue weighted by atomic mass is 10.3. The number of hydrogen-bond donors (Lipinski definition) is 2. The van der Waals surface area contributed by atoms with Gasteiger partial charge in [-0.05, 0) is 18.2 Å². The molecule has 6 heteroatoms. The number of rotatable bonds is 3. The number of H-pyrrole nitrogens is 1. The molecule has 2 aromatic heterocycles. The van der Waals surface area contributed by atoms with Crippen LogP contribution in [0.3, 0.4) is 0 Å². The number of fused-ring (bicyclic) bond motifs is 1. The fourth-order valence-corrected chi connectivity index (χ4v) is 1.87. The second kappa shape index (κ2) is 5.00. The number of para-hydroxylation sites is 2. The molecule has 0 unspecified atom stereocenters. The minimum absolute atomic E-state index is 0.243. The van der Waals surface area contributed by atoms with Crippen LogP contribution in [0.15, 0.2) is 42.7 Å². The molecule has 2 heterocycles. The van der Waals surface area contributed by atoms with E-state index in [9.17, 15) is 4.79 Å². The average molecular weight is 267 g/mol. The number of amides is 1. The predicted molar refractivity (Wildman–Crippen MR) is 77.0 cm³/mol. The molecule has 3 rings (SSSR count). The van der Waals surface area contributed by atoms with E-state index in [2.05, 4.69) is 20.4 Å². The number of carbonyl (C=O) groups is 1. The molecule has 100 valence electrons. The van der Waals surface area contributed by atoms with Crippen LogP contribution in [-0.4, -0.2) is 25.7 Å². The SMILES string of the molecule is Cn1cc(C=CC(=O)Nc2nc3ccccc3[nH]2)cn1. The van der Waals surface area contributed by atoms with Crippen LogP contribution < -0.4 is 5.32 Å². The van der Waals surface area contributed by atoms with Crippen LogP contribution in [0.2, 0.25) is 0 Å². The second-order valence-electron chi connectivity index (χ2n) is 4.37. The fraction of sp³-hybridized carbons (Fsp3) is 0.0714. The third kappa shape index (κ3) is 2.59. The van der Waals surface area contributed by atoms with Gasteiger partial charge in [0.05, 0.1) is 17.2 Å². The van der Waals surface area contributed by atoms with E-state index in [1.807, 2.05) is 37.5 Å². The molecule has 0 aliphatic rings. The molecule has 0 bridgehead atoms. The quantitative estimate of drug-likeness (QED) is 0.712.